The first-order chi connectivity index (χ1) is 13.4. The van der Waals surface area contributed by atoms with E-state index in [4.69, 9.17) is 0 Å². The third-order valence-corrected chi connectivity index (χ3v) is 8.01. The van der Waals surface area contributed by atoms with Crippen LogP contribution in [0, 0.1) is 5.92 Å². The molecular formula is C22H34N2O3S. The van der Waals surface area contributed by atoms with E-state index in [2.05, 4.69) is 20.8 Å². The van der Waals surface area contributed by atoms with Crippen molar-refractivity contribution >= 4 is 21.6 Å². The maximum Gasteiger partial charge on any atom is 0.243 e. The van der Waals surface area contributed by atoms with E-state index in [9.17, 15) is 13.2 Å². The fraction of sp³-hybridized carbons (Fsp3) is 0.682. The van der Waals surface area contributed by atoms with Crippen LogP contribution in [0.2, 0.25) is 0 Å². The van der Waals surface area contributed by atoms with Gasteiger partial charge in [-0.25, -0.2) is 8.42 Å². The first kappa shape index (κ1) is 21.3. The van der Waals surface area contributed by atoms with Crippen molar-refractivity contribution in [2.24, 2.45) is 5.92 Å². The molecule has 0 bridgehead atoms. The standard InChI is InChI=1S/C22H34N2O3S/c1-4-6-13-23(14-7-5-2)28(26,27)20-11-12-21-19(16-20)15-17(3)24(21)22(25)18-9-8-10-18/h11-12,16-18H,4-10,13-15H2,1-3H3/t17-/m0/s1. The van der Waals surface area contributed by atoms with Crippen LogP contribution in [-0.4, -0.2) is 37.8 Å². The molecular weight excluding hydrogens is 372 g/mol. The van der Waals surface area contributed by atoms with Crippen molar-refractivity contribution in [1.82, 2.24) is 4.31 Å². The van der Waals surface area contributed by atoms with Gasteiger partial charge in [0.05, 0.1) is 4.90 Å². The van der Waals surface area contributed by atoms with Crippen LogP contribution >= 0.6 is 0 Å². The van der Waals surface area contributed by atoms with E-state index in [1.807, 2.05) is 11.0 Å². The van der Waals surface area contributed by atoms with Crippen molar-refractivity contribution in [3.8, 4) is 0 Å². The Morgan fingerprint density at radius 1 is 1.14 bits per heavy atom. The minimum Gasteiger partial charge on any atom is -0.309 e. The van der Waals surface area contributed by atoms with Crippen molar-refractivity contribution in [3.05, 3.63) is 23.8 Å². The molecule has 0 radical (unpaired) electrons. The summed E-state index contributed by atoms with van der Waals surface area (Å²) in [7, 11) is -3.50. The molecule has 5 nitrogen and oxygen atoms in total. The molecule has 1 atom stereocenters. The third kappa shape index (κ3) is 4.13. The first-order valence-electron chi connectivity index (χ1n) is 10.9. The average Bonchev–Trinajstić information content (AvgIpc) is 2.94. The van der Waals surface area contributed by atoms with E-state index in [1.54, 1.807) is 16.4 Å². The van der Waals surface area contributed by atoms with Crippen molar-refractivity contribution in [2.45, 2.75) is 83.1 Å². The number of hydrogen-bond acceptors (Lipinski definition) is 3. The lowest BCUT2D eigenvalue weighted by atomic mass is 9.84. The van der Waals surface area contributed by atoms with Crippen molar-refractivity contribution in [1.29, 1.82) is 0 Å². The number of carbonyl (C=O) groups is 1. The van der Waals surface area contributed by atoms with Crippen molar-refractivity contribution in [3.63, 3.8) is 0 Å². The SMILES string of the molecule is CCCCN(CCCC)S(=O)(=O)c1ccc2c(c1)C[C@H](C)N2C(=O)C1CCC1. The molecule has 0 N–H and O–H groups in total. The number of rotatable bonds is 9. The summed E-state index contributed by atoms with van der Waals surface area (Å²) in [4.78, 5) is 15.1. The smallest absolute Gasteiger partial charge is 0.243 e. The summed E-state index contributed by atoms with van der Waals surface area (Å²) < 4.78 is 28.1. The van der Waals surface area contributed by atoms with E-state index in [-0.39, 0.29) is 17.9 Å². The highest BCUT2D eigenvalue weighted by Gasteiger charge is 2.37. The number of hydrogen-bond donors (Lipinski definition) is 0. The van der Waals surface area contributed by atoms with Gasteiger partial charge in [-0.1, -0.05) is 33.1 Å². The summed E-state index contributed by atoms with van der Waals surface area (Å²) in [5, 5.41) is 0. The molecule has 156 valence electrons. The molecule has 1 heterocycles. The number of anilines is 1. The monoisotopic (exact) mass is 406 g/mol. The fourth-order valence-electron chi connectivity index (χ4n) is 4.13. The van der Waals surface area contributed by atoms with Crippen LogP contribution in [0.3, 0.4) is 0 Å². The van der Waals surface area contributed by atoms with Gasteiger partial charge in [0, 0.05) is 30.7 Å². The second kappa shape index (κ2) is 8.95. The quantitative estimate of drug-likeness (QED) is 0.612. The number of benzene rings is 1. The van der Waals surface area contributed by atoms with E-state index in [0.29, 0.717) is 18.0 Å². The Kier molecular flexibility index (Phi) is 6.81. The lowest BCUT2D eigenvalue weighted by Crippen LogP contribution is -2.42. The Morgan fingerprint density at radius 3 is 2.32 bits per heavy atom. The zero-order valence-electron chi connectivity index (χ0n) is 17.5. The highest BCUT2D eigenvalue weighted by Crippen LogP contribution is 2.38. The maximum atomic E-state index is 13.2. The Bertz CT molecular complexity index is 794. The molecule has 1 saturated carbocycles. The van der Waals surface area contributed by atoms with E-state index in [0.717, 1.165) is 62.6 Å². The molecule has 1 aliphatic carbocycles. The molecule has 0 unspecified atom stereocenters. The van der Waals surface area contributed by atoms with Gasteiger partial charge in [-0.15, -0.1) is 0 Å². The van der Waals surface area contributed by atoms with Crippen LogP contribution in [0.4, 0.5) is 5.69 Å². The van der Waals surface area contributed by atoms with Crippen LogP contribution in [0.25, 0.3) is 0 Å². The van der Waals surface area contributed by atoms with Crippen LogP contribution in [0.15, 0.2) is 23.1 Å². The van der Waals surface area contributed by atoms with E-state index in [1.165, 1.54) is 0 Å². The minimum atomic E-state index is -3.50. The van der Waals surface area contributed by atoms with E-state index < -0.39 is 10.0 Å². The van der Waals surface area contributed by atoms with Gasteiger partial charge >= 0.3 is 0 Å². The molecule has 6 heteroatoms. The Labute approximate surface area is 170 Å². The first-order valence-corrected chi connectivity index (χ1v) is 12.3. The average molecular weight is 407 g/mol. The van der Waals surface area contributed by atoms with Crippen molar-refractivity contribution in [2.75, 3.05) is 18.0 Å². The topological polar surface area (TPSA) is 57.7 Å². The summed E-state index contributed by atoms with van der Waals surface area (Å²) in [5.41, 5.74) is 1.88. The van der Waals surface area contributed by atoms with E-state index >= 15 is 0 Å². The number of carbonyl (C=O) groups excluding carboxylic acids is 1. The van der Waals surface area contributed by atoms with Gasteiger partial charge in [-0.3, -0.25) is 4.79 Å². The molecule has 28 heavy (non-hydrogen) atoms. The van der Waals surface area contributed by atoms with Gasteiger partial charge in [-0.05, 0) is 62.8 Å². The van der Waals surface area contributed by atoms with Gasteiger partial charge < -0.3 is 4.90 Å². The molecule has 0 aromatic heterocycles. The molecule has 1 aromatic carbocycles. The van der Waals surface area contributed by atoms with Gasteiger partial charge in [0.15, 0.2) is 0 Å². The third-order valence-electron chi connectivity index (χ3n) is 6.12. The molecule has 0 spiro atoms. The van der Waals surface area contributed by atoms with Crippen LogP contribution < -0.4 is 4.90 Å². The molecule has 3 rings (SSSR count). The van der Waals surface area contributed by atoms with Crippen LogP contribution in [0.1, 0.15) is 71.3 Å². The summed E-state index contributed by atoms with van der Waals surface area (Å²) in [6, 6.07) is 5.44. The Morgan fingerprint density at radius 2 is 1.79 bits per heavy atom. The minimum absolute atomic E-state index is 0.0948. The number of fused-ring (bicyclic) bond motifs is 1. The van der Waals surface area contributed by atoms with Gasteiger partial charge in [0.25, 0.3) is 0 Å². The Hall–Kier alpha value is -1.40. The Balaban J connectivity index is 1.85. The predicted octanol–water partition coefficient (Wildman–Crippen LogP) is 4.36. The largest absolute Gasteiger partial charge is 0.309 e. The fourth-order valence-corrected chi connectivity index (χ4v) is 5.69. The second-order valence-electron chi connectivity index (χ2n) is 8.29. The number of sulfonamides is 1. The lowest BCUT2D eigenvalue weighted by molar-refractivity contribution is -0.125. The summed E-state index contributed by atoms with van der Waals surface area (Å²) in [6.07, 6.45) is 7.50. The molecule has 1 amide bonds. The maximum absolute atomic E-state index is 13.2. The molecule has 0 saturated heterocycles. The van der Waals surface area contributed by atoms with Gasteiger partial charge in [0.1, 0.15) is 0 Å². The number of unbranched alkanes of at least 4 members (excludes halogenated alkanes) is 2. The number of nitrogens with zero attached hydrogens (tertiary/aromatic N) is 2. The summed E-state index contributed by atoms with van der Waals surface area (Å²) in [5.74, 6) is 0.357. The molecule has 2 aliphatic rings. The van der Waals surface area contributed by atoms with Crippen molar-refractivity contribution < 1.29 is 13.2 Å². The summed E-state index contributed by atoms with van der Waals surface area (Å²) >= 11 is 0. The molecule has 1 aliphatic heterocycles. The normalized spacial score (nSPS) is 19.7. The van der Waals surface area contributed by atoms with Crippen LogP contribution in [-0.2, 0) is 21.2 Å². The number of amides is 1. The second-order valence-corrected chi connectivity index (χ2v) is 10.2. The summed E-state index contributed by atoms with van der Waals surface area (Å²) in [6.45, 7) is 7.35. The highest BCUT2D eigenvalue weighted by atomic mass is 32.2. The van der Waals surface area contributed by atoms with Gasteiger partial charge in [0.2, 0.25) is 15.9 Å². The predicted molar refractivity (Wildman–Crippen MR) is 113 cm³/mol. The molecule has 1 aromatic rings. The molecule has 1 fully saturated rings. The zero-order chi connectivity index (χ0) is 20.3. The highest BCUT2D eigenvalue weighted by molar-refractivity contribution is 7.89. The van der Waals surface area contributed by atoms with Gasteiger partial charge in [-0.2, -0.15) is 4.31 Å². The zero-order valence-corrected chi connectivity index (χ0v) is 18.3. The van der Waals surface area contributed by atoms with Crippen LogP contribution in [0.5, 0.6) is 0 Å². The lowest BCUT2D eigenvalue weighted by Gasteiger charge is -2.32.